The van der Waals surface area contributed by atoms with Crippen LogP contribution in [-0.4, -0.2) is 11.1 Å². The zero-order chi connectivity index (χ0) is 16.2. The van der Waals surface area contributed by atoms with Gasteiger partial charge in [0.15, 0.2) is 0 Å². The molecule has 0 aromatic rings. The molecule has 2 nitrogen and oxygen atoms in total. The van der Waals surface area contributed by atoms with E-state index in [2.05, 4.69) is 26.0 Å². The van der Waals surface area contributed by atoms with Gasteiger partial charge < -0.3 is 5.11 Å². The van der Waals surface area contributed by atoms with Crippen molar-refractivity contribution in [3.63, 3.8) is 0 Å². The van der Waals surface area contributed by atoms with Crippen LogP contribution < -0.4 is 0 Å². The van der Waals surface area contributed by atoms with Crippen LogP contribution in [0.2, 0.25) is 0 Å². The normalized spacial score (nSPS) is 50.3. The molecule has 1 unspecified atom stereocenters. The fourth-order valence-electron chi connectivity index (χ4n) is 7.07. The van der Waals surface area contributed by atoms with Gasteiger partial charge in [-0.2, -0.15) is 0 Å². The molecule has 0 saturated heterocycles. The second-order valence-electron chi connectivity index (χ2n) is 9.07. The van der Waals surface area contributed by atoms with Crippen LogP contribution in [0.1, 0.15) is 65.2 Å². The van der Waals surface area contributed by atoms with Gasteiger partial charge in [-0.05, 0) is 85.9 Å². The summed E-state index contributed by atoms with van der Waals surface area (Å²) < 4.78 is 0. The highest BCUT2D eigenvalue weighted by Gasteiger charge is 2.58. The molecular weight excluding hydrogens is 284 g/mol. The number of aliphatic carboxylic acids is 1. The number of carbonyl (C=O) groups is 1. The predicted octanol–water partition coefficient (Wildman–Crippen LogP) is 5.21. The Kier molecular flexibility index (Phi) is 3.52. The van der Waals surface area contributed by atoms with E-state index in [0.717, 1.165) is 30.1 Å². The lowest BCUT2D eigenvalue weighted by Crippen LogP contribution is -2.51. The Balaban J connectivity index is 1.65. The average Bonchev–Trinajstić information content (AvgIpc) is 2.83. The second kappa shape index (κ2) is 5.22. The maximum absolute atomic E-state index is 11.2. The first-order valence-electron chi connectivity index (χ1n) is 9.54. The van der Waals surface area contributed by atoms with Crippen LogP contribution in [0.25, 0.3) is 0 Å². The monoisotopic (exact) mass is 314 g/mol. The van der Waals surface area contributed by atoms with Gasteiger partial charge in [-0.1, -0.05) is 31.6 Å². The largest absolute Gasteiger partial charge is 0.478 e. The van der Waals surface area contributed by atoms with Crippen molar-refractivity contribution in [3.05, 3.63) is 23.8 Å². The number of hydrogen-bond donors (Lipinski definition) is 1. The Labute approximate surface area is 140 Å². The Morgan fingerprint density at radius 1 is 1.17 bits per heavy atom. The highest BCUT2D eigenvalue weighted by Crippen LogP contribution is 2.66. The minimum atomic E-state index is -0.753. The summed E-state index contributed by atoms with van der Waals surface area (Å²) in [6.07, 6.45) is 16.4. The van der Waals surface area contributed by atoms with E-state index in [1.807, 2.05) is 0 Å². The zero-order valence-corrected chi connectivity index (χ0v) is 14.6. The van der Waals surface area contributed by atoms with E-state index in [-0.39, 0.29) is 5.41 Å². The summed E-state index contributed by atoms with van der Waals surface area (Å²) in [5.74, 6) is 2.52. The third-order valence-corrected chi connectivity index (χ3v) is 8.36. The van der Waals surface area contributed by atoms with E-state index in [0.29, 0.717) is 5.41 Å². The average molecular weight is 314 g/mol. The number of fused-ring (bicyclic) bond motifs is 5. The molecular formula is C21H30O2. The smallest absolute Gasteiger partial charge is 0.328 e. The van der Waals surface area contributed by atoms with Gasteiger partial charge in [0.05, 0.1) is 0 Å². The van der Waals surface area contributed by atoms with Crippen LogP contribution in [0.3, 0.4) is 0 Å². The van der Waals surface area contributed by atoms with Gasteiger partial charge >= 0.3 is 5.97 Å². The van der Waals surface area contributed by atoms with Crippen molar-refractivity contribution in [2.24, 2.45) is 34.5 Å². The topological polar surface area (TPSA) is 37.3 Å². The Morgan fingerprint density at radius 3 is 2.78 bits per heavy atom. The summed E-state index contributed by atoms with van der Waals surface area (Å²) in [4.78, 5) is 11.2. The van der Waals surface area contributed by atoms with Crippen LogP contribution in [0, 0.1) is 34.5 Å². The molecule has 0 bridgehead atoms. The molecule has 0 aromatic heterocycles. The summed E-state index contributed by atoms with van der Waals surface area (Å²) in [5.41, 5.74) is 1.88. The van der Waals surface area contributed by atoms with Crippen molar-refractivity contribution in [2.45, 2.75) is 65.2 Å². The molecule has 3 saturated carbocycles. The highest BCUT2D eigenvalue weighted by atomic mass is 16.4. The molecule has 126 valence electrons. The van der Waals surface area contributed by atoms with Crippen LogP contribution in [-0.2, 0) is 4.79 Å². The fraction of sp³-hybridized carbons (Fsp3) is 0.762. The number of carboxylic acids is 1. The van der Waals surface area contributed by atoms with Gasteiger partial charge in [0.25, 0.3) is 0 Å². The van der Waals surface area contributed by atoms with E-state index < -0.39 is 5.97 Å². The molecule has 2 heteroatoms. The third kappa shape index (κ3) is 2.16. The van der Waals surface area contributed by atoms with Gasteiger partial charge in [0, 0.05) is 6.08 Å². The summed E-state index contributed by atoms with van der Waals surface area (Å²) in [6, 6.07) is 0. The van der Waals surface area contributed by atoms with E-state index in [1.54, 1.807) is 0 Å². The van der Waals surface area contributed by atoms with Crippen molar-refractivity contribution in [2.75, 3.05) is 0 Å². The first-order chi connectivity index (χ1) is 10.9. The Morgan fingerprint density at radius 2 is 2.00 bits per heavy atom. The molecule has 23 heavy (non-hydrogen) atoms. The molecule has 4 aliphatic rings. The molecule has 4 aliphatic carbocycles. The quantitative estimate of drug-likeness (QED) is 0.533. The summed E-state index contributed by atoms with van der Waals surface area (Å²) in [6.45, 7) is 4.93. The maximum atomic E-state index is 11.2. The van der Waals surface area contributed by atoms with Gasteiger partial charge in [-0.15, -0.1) is 0 Å². The first kappa shape index (κ1) is 15.5. The summed E-state index contributed by atoms with van der Waals surface area (Å²) >= 11 is 0. The van der Waals surface area contributed by atoms with Crippen molar-refractivity contribution < 1.29 is 9.90 Å². The molecule has 0 aromatic carbocycles. The standard InChI is InChI=1S/C21H30O2/c1-20-11-4-3-5-14(20)6-8-16-17-9-7-15(13-19(22)23)21(17,2)12-10-18(16)20/h3-4,13-14,16-18H,5-12H2,1-2H3,(H,22,23)/t14?,16-,17-,18-,20-,21+/m0/s1. The first-order valence-corrected chi connectivity index (χ1v) is 9.54. The number of carboxylic acid groups (broad SMARTS) is 1. The Hall–Kier alpha value is -1.05. The van der Waals surface area contributed by atoms with E-state index in [9.17, 15) is 9.90 Å². The Bertz CT molecular complexity index is 574. The lowest BCUT2D eigenvalue weighted by molar-refractivity contribution is -0.131. The van der Waals surface area contributed by atoms with Crippen molar-refractivity contribution in [1.82, 2.24) is 0 Å². The highest BCUT2D eigenvalue weighted by molar-refractivity contribution is 5.81. The lowest BCUT2D eigenvalue weighted by Gasteiger charge is -2.59. The molecule has 4 rings (SSSR count). The molecule has 6 atom stereocenters. The second-order valence-corrected chi connectivity index (χ2v) is 9.07. The van der Waals surface area contributed by atoms with E-state index >= 15 is 0 Å². The van der Waals surface area contributed by atoms with Crippen LogP contribution in [0.4, 0.5) is 0 Å². The third-order valence-electron chi connectivity index (χ3n) is 8.36. The van der Waals surface area contributed by atoms with Crippen LogP contribution in [0.15, 0.2) is 23.8 Å². The zero-order valence-electron chi connectivity index (χ0n) is 14.6. The van der Waals surface area contributed by atoms with E-state index in [1.165, 1.54) is 56.6 Å². The molecule has 0 aliphatic heterocycles. The maximum Gasteiger partial charge on any atom is 0.328 e. The van der Waals surface area contributed by atoms with Gasteiger partial charge in [0.2, 0.25) is 0 Å². The van der Waals surface area contributed by atoms with Gasteiger partial charge in [0.1, 0.15) is 0 Å². The van der Waals surface area contributed by atoms with E-state index in [4.69, 9.17) is 0 Å². The molecule has 0 radical (unpaired) electrons. The van der Waals surface area contributed by atoms with Crippen molar-refractivity contribution >= 4 is 5.97 Å². The molecule has 0 heterocycles. The molecule has 0 amide bonds. The summed E-state index contributed by atoms with van der Waals surface area (Å²) in [5, 5.41) is 9.22. The summed E-state index contributed by atoms with van der Waals surface area (Å²) in [7, 11) is 0. The number of hydrogen-bond acceptors (Lipinski definition) is 1. The number of rotatable bonds is 1. The predicted molar refractivity (Wildman–Crippen MR) is 92.0 cm³/mol. The molecule has 3 fully saturated rings. The molecule has 1 N–H and O–H groups in total. The van der Waals surface area contributed by atoms with Crippen molar-refractivity contribution in [3.8, 4) is 0 Å². The van der Waals surface area contributed by atoms with Gasteiger partial charge in [-0.3, -0.25) is 0 Å². The number of allylic oxidation sites excluding steroid dienone is 3. The SMILES string of the molecule is C[C@]12CC=CCC1CC[C@@H]1[C@@H]2CC[C@]2(C)C(=CC(=O)O)CC[C@@H]12. The lowest BCUT2D eigenvalue weighted by atomic mass is 9.46. The minimum absolute atomic E-state index is 0.160. The van der Waals surface area contributed by atoms with Crippen LogP contribution in [0.5, 0.6) is 0 Å². The van der Waals surface area contributed by atoms with Crippen molar-refractivity contribution in [1.29, 1.82) is 0 Å². The minimum Gasteiger partial charge on any atom is -0.478 e. The van der Waals surface area contributed by atoms with Gasteiger partial charge in [-0.25, -0.2) is 4.79 Å². The fourth-order valence-corrected chi connectivity index (χ4v) is 7.07. The van der Waals surface area contributed by atoms with Crippen LogP contribution >= 0.6 is 0 Å². The molecule has 0 spiro atoms.